The molecule has 10 heteroatoms. The van der Waals surface area contributed by atoms with Crippen LogP contribution in [-0.4, -0.2) is 21.7 Å². The summed E-state index contributed by atoms with van der Waals surface area (Å²) in [5.74, 6) is -1.22. The van der Waals surface area contributed by atoms with Gasteiger partial charge in [0.05, 0.1) is 27.2 Å². The fourth-order valence-corrected chi connectivity index (χ4v) is 5.11. The molecule has 34 heavy (non-hydrogen) atoms. The lowest BCUT2D eigenvalue weighted by Gasteiger charge is -2.17. The Hall–Kier alpha value is -3.11. The van der Waals surface area contributed by atoms with E-state index in [9.17, 15) is 22.8 Å². The van der Waals surface area contributed by atoms with Crippen molar-refractivity contribution >= 4 is 49.7 Å². The van der Waals surface area contributed by atoms with Gasteiger partial charge in [0, 0.05) is 11.8 Å². The van der Waals surface area contributed by atoms with Gasteiger partial charge in [0.2, 0.25) is 5.91 Å². The lowest BCUT2D eigenvalue weighted by Crippen LogP contribution is -2.21. The molecular weight excluding hydrogens is 483 g/mol. The molecule has 2 aromatic heterocycles. The number of halogens is 3. The molecule has 0 aliphatic carbocycles. The number of carbonyl (C=O) groups excluding carboxylic acids is 2. The molecule has 0 bridgehead atoms. The average Bonchev–Trinajstić information content (AvgIpc) is 3.46. The van der Waals surface area contributed by atoms with E-state index in [1.54, 1.807) is 29.1 Å². The summed E-state index contributed by atoms with van der Waals surface area (Å²) in [6.45, 7) is 1.88. The molecule has 1 N–H and O–H groups in total. The fourth-order valence-electron chi connectivity index (χ4n) is 3.62. The van der Waals surface area contributed by atoms with Crippen molar-refractivity contribution in [3.63, 3.8) is 0 Å². The van der Waals surface area contributed by atoms with Crippen LogP contribution in [0.3, 0.4) is 0 Å². The lowest BCUT2D eigenvalue weighted by molar-refractivity contribution is -0.137. The summed E-state index contributed by atoms with van der Waals surface area (Å²) in [5, 5.41) is 4.83. The van der Waals surface area contributed by atoms with Crippen LogP contribution in [0.4, 0.5) is 18.3 Å². The van der Waals surface area contributed by atoms with Gasteiger partial charge in [-0.1, -0.05) is 48.9 Å². The Kier molecular flexibility index (Phi) is 7.08. The van der Waals surface area contributed by atoms with E-state index in [0.717, 1.165) is 22.4 Å². The predicted molar refractivity (Wildman–Crippen MR) is 127 cm³/mol. The van der Waals surface area contributed by atoms with E-state index >= 15 is 0 Å². The van der Waals surface area contributed by atoms with Crippen molar-refractivity contribution in [1.82, 2.24) is 9.97 Å². The van der Waals surface area contributed by atoms with E-state index in [-0.39, 0.29) is 12.2 Å². The van der Waals surface area contributed by atoms with Crippen molar-refractivity contribution in [3.8, 4) is 0 Å². The van der Waals surface area contributed by atoms with Crippen molar-refractivity contribution in [3.05, 3.63) is 75.7 Å². The minimum Gasteiger partial charge on any atom is -0.301 e. The third-order valence-electron chi connectivity index (χ3n) is 5.28. The van der Waals surface area contributed by atoms with Gasteiger partial charge >= 0.3 is 6.18 Å². The monoisotopic (exact) mass is 503 g/mol. The number of thiazole rings is 2. The Morgan fingerprint density at radius 3 is 2.68 bits per heavy atom. The van der Waals surface area contributed by atoms with E-state index < -0.39 is 23.6 Å². The lowest BCUT2D eigenvalue weighted by atomic mass is 9.92. The number of amides is 1. The number of nitrogens with one attached hydrogen (secondary N) is 1. The van der Waals surface area contributed by atoms with Crippen LogP contribution in [0.5, 0.6) is 0 Å². The Morgan fingerprint density at radius 2 is 1.97 bits per heavy atom. The predicted octanol–water partition coefficient (Wildman–Crippen LogP) is 6.72. The van der Waals surface area contributed by atoms with E-state index in [1.807, 2.05) is 13.0 Å². The van der Waals surface area contributed by atoms with Crippen LogP contribution in [0.2, 0.25) is 0 Å². The maximum Gasteiger partial charge on any atom is 0.416 e. The molecule has 0 spiro atoms. The molecule has 0 fully saturated rings. The van der Waals surface area contributed by atoms with Gasteiger partial charge in [0.25, 0.3) is 0 Å². The number of ketones is 1. The van der Waals surface area contributed by atoms with Gasteiger partial charge in [-0.25, -0.2) is 9.97 Å². The number of carbonyl (C=O) groups is 2. The van der Waals surface area contributed by atoms with Gasteiger partial charge in [-0.15, -0.1) is 11.3 Å². The van der Waals surface area contributed by atoms with Crippen LogP contribution in [0, 0.1) is 0 Å². The van der Waals surface area contributed by atoms with Gasteiger partial charge < -0.3 is 5.32 Å². The highest BCUT2D eigenvalue weighted by Gasteiger charge is 2.32. The van der Waals surface area contributed by atoms with Gasteiger partial charge in [0.1, 0.15) is 5.69 Å². The summed E-state index contributed by atoms with van der Waals surface area (Å²) in [5.41, 5.74) is 3.05. The van der Waals surface area contributed by atoms with Gasteiger partial charge in [-0.05, 0) is 35.7 Å². The first-order valence-electron chi connectivity index (χ1n) is 10.5. The molecular formula is C24H20F3N3O2S2. The molecule has 0 aliphatic rings. The molecule has 0 saturated carbocycles. The number of nitrogens with zero attached hydrogens (tertiary/aromatic N) is 2. The van der Waals surface area contributed by atoms with Crippen molar-refractivity contribution in [2.24, 2.45) is 0 Å². The number of fused-ring (bicyclic) bond motifs is 1. The zero-order valence-corrected chi connectivity index (χ0v) is 19.7. The molecule has 0 aliphatic heterocycles. The molecule has 5 nitrogen and oxygen atoms in total. The maximum atomic E-state index is 13.1. The van der Waals surface area contributed by atoms with Crippen LogP contribution >= 0.6 is 22.7 Å². The van der Waals surface area contributed by atoms with Crippen LogP contribution in [-0.2, 0) is 17.4 Å². The summed E-state index contributed by atoms with van der Waals surface area (Å²) < 4.78 is 40.2. The van der Waals surface area contributed by atoms with Gasteiger partial charge in [-0.3, -0.25) is 9.59 Å². The molecule has 0 radical (unpaired) electrons. The van der Waals surface area contributed by atoms with E-state index in [1.165, 1.54) is 28.7 Å². The molecule has 0 saturated heterocycles. The largest absolute Gasteiger partial charge is 0.416 e. The summed E-state index contributed by atoms with van der Waals surface area (Å²) >= 11 is 2.61. The van der Waals surface area contributed by atoms with Crippen molar-refractivity contribution in [2.75, 3.05) is 5.32 Å². The molecule has 4 aromatic rings. The summed E-state index contributed by atoms with van der Waals surface area (Å²) in [7, 11) is 0. The topological polar surface area (TPSA) is 72.0 Å². The summed E-state index contributed by atoms with van der Waals surface area (Å²) in [4.78, 5) is 33.8. The number of hydrogen-bond acceptors (Lipinski definition) is 6. The molecule has 2 heterocycles. The highest BCUT2D eigenvalue weighted by Crippen LogP contribution is 2.33. The van der Waals surface area contributed by atoms with E-state index in [0.29, 0.717) is 34.7 Å². The van der Waals surface area contributed by atoms with Crippen molar-refractivity contribution < 1.29 is 22.8 Å². The highest BCUT2D eigenvalue weighted by atomic mass is 32.1. The minimum atomic E-state index is -4.48. The van der Waals surface area contributed by atoms with Crippen LogP contribution in [0.15, 0.2) is 53.4 Å². The Morgan fingerprint density at radius 1 is 1.15 bits per heavy atom. The number of alkyl halides is 3. The normalized spacial score (nSPS) is 12.6. The van der Waals surface area contributed by atoms with Crippen molar-refractivity contribution in [2.45, 2.75) is 38.3 Å². The van der Waals surface area contributed by atoms with E-state index in [4.69, 9.17) is 0 Å². The Bertz CT molecular complexity index is 1320. The van der Waals surface area contributed by atoms with Gasteiger partial charge in [-0.2, -0.15) is 13.2 Å². The molecule has 176 valence electrons. The second-order valence-corrected chi connectivity index (χ2v) is 9.50. The quantitative estimate of drug-likeness (QED) is 0.271. The molecule has 2 aromatic carbocycles. The highest BCUT2D eigenvalue weighted by molar-refractivity contribution is 7.22. The minimum absolute atomic E-state index is 0.0814. The SMILES string of the molecule is CCCC(C(=O)Nc1nc2ccc(CC(=O)c3cscn3)cc2s1)c1cccc(C(F)(F)F)c1. The van der Waals surface area contributed by atoms with Crippen molar-refractivity contribution in [1.29, 1.82) is 0 Å². The Labute approximate surface area is 201 Å². The molecule has 1 amide bonds. The second kappa shape index (κ2) is 10.0. The standard InChI is InChI=1S/C24H20F3N3O2S2/c1-2-4-17(15-5-3-6-16(11-15)24(25,26)27)22(32)30-23-29-18-8-7-14(10-21(18)34-23)9-20(31)19-12-33-13-28-19/h3,5-8,10-13,17H,2,4,9H2,1H3,(H,29,30,32). The van der Waals surface area contributed by atoms with Crippen LogP contribution in [0.1, 0.15) is 52.9 Å². The molecule has 1 atom stereocenters. The number of rotatable bonds is 8. The number of anilines is 1. The third-order valence-corrected chi connectivity index (χ3v) is 6.80. The smallest absolute Gasteiger partial charge is 0.301 e. The second-order valence-electron chi connectivity index (χ2n) is 7.75. The summed E-state index contributed by atoms with van der Waals surface area (Å²) in [6, 6.07) is 10.3. The first kappa shape index (κ1) is 24.0. The number of aromatic nitrogens is 2. The first-order valence-corrected chi connectivity index (χ1v) is 12.3. The van der Waals surface area contributed by atoms with Crippen LogP contribution < -0.4 is 5.32 Å². The summed E-state index contributed by atoms with van der Waals surface area (Å²) in [6.07, 6.45) is -3.24. The average molecular weight is 504 g/mol. The van der Waals surface area contributed by atoms with E-state index in [2.05, 4.69) is 15.3 Å². The third kappa shape index (κ3) is 5.51. The Balaban J connectivity index is 1.52. The number of hydrogen-bond donors (Lipinski definition) is 1. The molecule has 4 rings (SSSR count). The zero-order chi connectivity index (χ0) is 24.3. The number of Topliss-reactive ketones (excluding diaryl/α,β-unsaturated/α-hetero) is 1. The van der Waals surface area contributed by atoms with Crippen LogP contribution in [0.25, 0.3) is 10.2 Å². The first-order chi connectivity index (χ1) is 16.2. The molecule has 1 unspecified atom stereocenters. The van der Waals surface area contributed by atoms with Gasteiger partial charge in [0.15, 0.2) is 10.9 Å². The number of benzene rings is 2. The fraction of sp³-hybridized carbons (Fsp3) is 0.250. The maximum absolute atomic E-state index is 13.1. The zero-order valence-electron chi connectivity index (χ0n) is 18.1.